The molecule has 0 amide bonds. The molecule has 8 nitrogen and oxygen atoms in total. The van der Waals surface area contributed by atoms with Crippen LogP contribution in [0.2, 0.25) is 0 Å². The third kappa shape index (κ3) is 4.86. The van der Waals surface area contributed by atoms with Crippen molar-refractivity contribution in [3.63, 3.8) is 0 Å². The minimum Gasteiger partial charge on any atom is -0.509 e. The first-order valence-corrected chi connectivity index (χ1v) is 18.8. The normalized spacial score (nSPS) is 14.1. The van der Waals surface area contributed by atoms with E-state index in [0.717, 1.165) is 84.3 Å². The number of aromatic nitrogens is 2. The second kappa shape index (κ2) is 12.9. The topological polar surface area (TPSA) is 49.2 Å². The summed E-state index contributed by atoms with van der Waals surface area (Å²) in [6.45, 7) is 2.15. The second-order valence-corrected chi connectivity index (χ2v) is 15.0. The van der Waals surface area contributed by atoms with Gasteiger partial charge in [-0.2, -0.15) is 18.8 Å². The van der Waals surface area contributed by atoms with E-state index in [1.165, 1.54) is 5.56 Å². The van der Waals surface area contributed by atoms with Gasteiger partial charge in [-0.15, -0.1) is 35.2 Å². The maximum Gasteiger partial charge on any atom is 0.135 e. The van der Waals surface area contributed by atoms with Crippen molar-refractivity contribution in [3.05, 3.63) is 169 Å². The Labute approximate surface area is 346 Å². The minimum absolute atomic E-state index is 0. The fourth-order valence-electron chi connectivity index (χ4n) is 9.26. The maximum absolute atomic E-state index is 6.88. The molecule has 284 valence electrons. The Morgan fingerprint density at radius 3 is 2.09 bits per heavy atom. The van der Waals surface area contributed by atoms with Crippen molar-refractivity contribution in [2.75, 3.05) is 54.8 Å². The van der Waals surface area contributed by atoms with Crippen molar-refractivity contribution in [2.24, 2.45) is 0 Å². The van der Waals surface area contributed by atoms with Gasteiger partial charge in [-0.3, -0.25) is 0 Å². The Bertz CT molecular complexity index is 2850. The van der Waals surface area contributed by atoms with E-state index >= 15 is 0 Å². The predicted molar refractivity (Wildman–Crippen MR) is 225 cm³/mol. The first-order valence-electron chi connectivity index (χ1n) is 18.8. The Balaban J connectivity index is 0.00000396. The van der Waals surface area contributed by atoms with Crippen LogP contribution < -0.4 is 29.1 Å². The summed E-state index contributed by atoms with van der Waals surface area (Å²) in [6.07, 6.45) is 1.82. The van der Waals surface area contributed by atoms with E-state index in [1.807, 2.05) is 36.5 Å². The molecule has 0 saturated carbocycles. The van der Waals surface area contributed by atoms with Gasteiger partial charge in [0.2, 0.25) is 0 Å². The minimum atomic E-state index is -0.773. The first-order chi connectivity index (χ1) is 27.3. The maximum atomic E-state index is 6.88. The second-order valence-electron chi connectivity index (χ2n) is 15.0. The number of hydrogen-bond donors (Lipinski definition) is 0. The monoisotopic (exact) mass is 924 g/mol. The van der Waals surface area contributed by atoms with Crippen LogP contribution in [0.1, 0.15) is 22.3 Å². The van der Waals surface area contributed by atoms with Gasteiger partial charge in [0, 0.05) is 112 Å². The van der Waals surface area contributed by atoms with Crippen molar-refractivity contribution >= 4 is 50.2 Å². The Kier molecular flexibility index (Phi) is 7.96. The Hall–Kier alpha value is -6.24. The summed E-state index contributed by atoms with van der Waals surface area (Å²) in [5.41, 5.74) is 11.0. The molecule has 8 aromatic rings. The van der Waals surface area contributed by atoms with Gasteiger partial charge in [-0.25, -0.2) is 4.98 Å². The van der Waals surface area contributed by atoms with E-state index in [9.17, 15) is 0 Å². The van der Waals surface area contributed by atoms with E-state index in [0.29, 0.717) is 11.5 Å². The van der Waals surface area contributed by atoms with Crippen molar-refractivity contribution in [1.29, 1.82) is 0 Å². The van der Waals surface area contributed by atoms with Gasteiger partial charge < -0.3 is 33.6 Å². The van der Waals surface area contributed by atoms with Gasteiger partial charge in [-0.05, 0) is 66.5 Å². The van der Waals surface area contributed by atoms with E-state index in [2.05, 4.69) is 169 Å². The molecule has 9 heteroatoms. The fraction of sp³-hybridized carbons (Fsp3) is 0.125. The fourth-order valence-corrected chi connectivity index (χ4v) is 9.26. The average Bonchev–Trinajstić information content (AvgIpc) is 3.74. The summed E-state index contributed by atoms with van der Waals surface area (Å²) < 4.78 is 15.8. The van der Waals surface area contributed by atoms with Crippen LogP contribution in [0.25, 0.3) is 27.6 Å². The molecule has 0 bridgehead atoms. The van der Waals surface area contributed by atoms with Crippen LogP contribution in [0.3, 0.4) is 0 Å². The molecule has 2 aromatic heterocycles. The summed E-state index contributed by atoms with van der Waals surface area (Å²) in [5, 5.41) is 2.22. The number of para-hydroxylation sites is 2. The van der Waals surface area contributed by atoms with E-state index in [4.69, 9.17) is 14.5 Å². The van der Waals surface area contributed by atoms with Gasteiger partial charge in [0.1, 0.15) is 17.3 Å². The van der Waals surface area contributed by atoms with Crippen LogP contribution >= 0.6 is 0 Å². The summed E-state index contributed by atoms with van der Waals surface area (Å²) in [4.78, 5) is 13.6. The van der Waals surface area contributed by atoms with E-state index in [-0.39, 0.29) is 21.1 Å². The smallest absolute Gasteiger partial charge is 0.135 e. The van der Waals surface area contributed by atoms with Gasteiger partial charge in [0.25, 0.3) is 0 Å². The van der Waals surface area contributed by atoms with Crippen LogP contribution in [0.15, 0.2) is 128 Å². The van der Waals surface area contributed by atoms with Gasteiger partial charge in [0.05, 0.1) is 0 Å². The van der Waals surface area contributed by atoms with E-state index < -0.39 is 5.41 Å². The third-order valence-electron chi connectivity index (χ3n) is 11.5. The van der Waals surface area contributed by atoms with Crippen LogP contribution in [0.5, 0.6) is 23.0 Å². The van der Waals surface area contributed by atoms with E-state index in [1.54, 1.807) is 0 Å². The molecule has 0 saturated heterocycles. The zero-order valence-electron chi connectivity index (χ0n) is 32.0. The molecule has 11 rings (SSSR count). The predicted octanol–water partition coefficient (Wildman–Crippen LogP) is 10.2. The molecule has 3 aliphatic heterocycles. The van der Waals surface area contributed by atoms with Crippen molar-refractivity contribution in [2.45, 2.75) is 5.41 Å². The molecule has 0 aliphatic carbocycles. The van der Waals surface area contributed by atoms with Crippen LogP contribution in [0.4, 0.5) is 28.4 Å². The zero-order chi connectivity index (χ0) is 37.9. The largest absolute Gasteiger partial charge is 0.509 e. The molecule has 3 aliphatic rings. The number of benzene rings is 6. The summed E-state index contributed by atoms with van der Waals surface area (Å²) in [7, 11) is 10.5. The van der Waals surface area contributed by atoms with Crippen molar-refractivity contribution in [1.82, 2.24) is 9.55 Å². The van der Waals surface area contributed by atoms with Crippen LogP contribution in [0, 0.1) is 18.8 Å². The SMILES string of the molecule is CN(C)c1cccc2c1C1(c3ccc(Oc4[c-]c5c(cc4)c4ccccc4n5-c4ccccn4)[c-]c3N3[CH-]N(C)c4cccc1c43)c1c(cccc1N(C)C)O2.[Pt]. The molecule has 6 aromatic carbocycles. The summed E-state index contributed by atoms with van der Waals surface area (Å²) in [6, 6.07) is 49.5. The van der Waals surface area contributed by atoms with Crippen molar-refractivity contribution in [3.8, 4) is 28.8 Å². The van der Waals surface area contributed by atoms with Crippen LogP contribution in [-0.2, 0) is 26.5 Å². The molecule has 1 spiro atoms. The molecule has 0 N–H and O–H groups in total. The number of hydrogen-bond acceptors (Lipinski definition) is 7. The number of fused-ring (bicyclic) bond motifs is 11. The first kappa shape index (κ1) is 35.2. The molecule has 5 heterocycles. The molecular formula is C48H37N6O2Pt-3. The summed E-state index contributed by atoms with van der Waals surface area (Å²) >= 11 is 0. The number of pyridine rings is 1. The number of ether oxygens (including phenoxy) is 2. The van der Waals surface area contributed by atoms with Gasteiger partial charge in [-0.1, -0.05) is 59.7 Å². The Morgan fingerprint density at radius 2 is 1.37 bits per heavy atom. The molecule has 57 heavy (non-hydrogen) atoms. The molecular weight excluding hydrogens is 888 g/mol. The Morgan fingerprint density at radius 1 is 0.684 bits per heavy atom. The quantitative estimate of drug-likeness (QED) is 0.159. The number of nitrogens with zero attached hydrogens (tertiary/aromatic N) is 6. The zero-order valence-corrected chi connectivity index (χ0v) is 34.3. The third-order valence-corrected chi connectivity index (χ3v) is 11.5. The van der Waals surface area contributed by atoms with Crippen molar-refractivity contribution < 1.29 is 30.5 Å². The van der Waals surface area contributed by atoms with Crippen LogP contribution in [-0.4, -0.2) is 44.8 Å². The van der Waals surface area contributed by atoms with Gasteiger partial charge in [0.15, 0.2) is 0 Å². The average molecular weight is 925 g/mol. The number of rotatable bonds is 5. The molecule has 0 fully saturated rings. The standard InChI is InChI=1S/C48H37N6O2.Pt/c1-50(2)37-16-11-19-42-45(37)48(46-38(51(3)4)17-12-20-43(46)56-42)34-25-23-31(28-41(34)53-29-52(5)39-18-10-14-35(48)47(39)53)55-30-22-24-33-32-13-6-7-15-36(32)54(40(33)27-30)44-21-8-9-26-49-44;/h6-26,29H,1-5H3;/q-3;. The molecule has 0 radical (unpaired) electrons. The summed E-state index contributed by atoms with van der Waals surface area (Å²) in [5.74, 6) is 3.67. The molecule has 0 atom stereocenters. The number of anilines is 5. The molecule has 0 unspecified atom stereocenters. The van der Waals surface area contributed by atoms with Gasteiger partial charge >= 0.3 is 0 Å².